The van der Waals surface area contributed by atoms with Gasteiger partial charge in [0.2, 0.25) is 0 Å². The average molecular weight is 207 g/mol. The molecule has 0 aliphatic carbocycles. The highest BCUT2D eigenvalue weighted by atomic mass is 16.3. The third-order valence-corrected chi connectivity index (χ3v) is 2.79. The molecule has 1 atom stereocenters. The van der Waals surface area contributed by atoms with Crippen LogP contribution in [0.4, 0.5) is 0 Å². The summed E-state index contributed by atoms with van der Waals surface area (Å²) in [5.74, 6) is 0. The van der Waals surface area contributed by atoms with Gasteiger partial charge in [-0.2, -0.15) is 0 Å². The third kappa shape index (κ3) is 3.65. The Morgan fingerprint density at radius 2 is 2.07 bits per heavy atom. The minimum Gasteiger partial charge on any atom is -0.395 e. The van der Waals surface area contributed by atoms with Gasteiger partial charge in [0, 0.05) is 12.6 Å². The summed E-state index contributed by atoms with van der Waals surface area (Å²) >= 11 is 0. The number of aliphatic hydroxyl groups is 1. The molecule has 2 heteroatoms. The van der Waals surface area contributed by atoms with Crippen LogP contribution in [0, 0.1) is 13.8 Å². The molecule has 0 heterocycles. The van der Waals surface area contributed by atoms with Gasteiger partial charge in [0.25, 0.3) is 0 Å². The van der Waals surface area contributed by atoms with Gasteiger partial charge in [-0.15, -0.1) is 0 Å². The van der Waals surface area contributed by atoms with Crippen molar-refractivity contribution in [2.24, 2.45) is 0 Å². The van der Waals surface area contributed by atoms with Crippen molar-refractivity contribution in [3.05, 3.63) is 34.9 Å². The Kier molecular flexibility index (Phi) is 4.79. The van der Waals surface area contributed by atoms with Crippen LogP contribution in [-0.4, -0.2) is 17.8 Å². The van der Waals surface area contributed by atoms with Gasteiger partial charge in [-0.05, 0) is 31.4 Å². The van der Waals surface area contributed by atoms with Crippen LogP contribution in [0.3, 0.4) is 0 Å². The van der Waals surface area contributed by atoms with Gasteiger partial charge in [0.05, 0.1) is 6.61 Å². The van der Waals surface area contributed by atoms with Gasteiger partial charge in [-0.3, -0.25) is 0 Å². The summed E-state index contributed by atoms with van der Waals surface area (Å²) in [6.45, 7) is 7.36. The lowest BCUT2D eigenvalue weighted by atomic mass is 10.1. The van der Waals surface area contributed by atoms with E-state index in [9.17, 15) is 0 Å². The second-order valence-electron chi connectivity index (χ2n) is 4.10. The van der Waals surface area contributed by atoms with Gasteiger partial charge >= 0.3 is 0 Å². The summed E-state index contributed by atoms with van der Waals surface area (Å²) in [6, 6.07) is 6.69. The summed E-state index contributed by atoms with van der Waals surface area (Å²) in [7, 11) is 0. The molecule has 1 rings (SSSR count). The summed E-state index contributed by atoms with van der Waals surface area (Å²) in [4.78, 5) is 0. The van der Waals surface area contributed by atoms with Crippen molar-refractivity contribution in [1.29, 1.82) is 0 Å². The topological polar surface area (TPSA) is 32.3 Å². The molecule has 1 aromatic carbocycles. The molecule has 0 saturated heterocycles. The second kappa shape index (κ2) is 5.89. The van der Waals surface area contributed by atoms with Crippen LogP contribution in [0.25, 0.3) is 0 Å². The summed E-state index contributed by atoms with van der Waals surface area (Å²) in [6.07, 6.45) is 0.960. The fourth-order valence-corrected chi connectivity index (χ4v) is 1.64. The third-order valence-electron chi connectivity index (χ3n) is 2.79. The van der Waals surface area contributed by atoms with Crippen LogP contribution in [0.1, 0.15) is 30.0 Å². The molecule has 0 unspecified atom stereocenters. The highest BCUT2D eigenvalue weighted by molar-refractivity contribution is 5.30. The van der Waals surface area contributed by atoms with Gasteiger partial charge < -0.3 is 10.4 Å². The number of benzene rings is 1. The average Bonchev–Trinajstić information content (AvgIpc) is 2.22. The normalized spacial score (nSPS) is 12.8. The largest absolute Gasteiger partial charge is 0.395 e. The fourth-order valence-electron chi connectivity index (χ4n) is 1.64. The first kappa shape index (κ1) is 12.2. The van der Waals surface area contributed by atoms with E-state index in [0.717, 1.165) is 13.0 Å². The van der Waals surface area contributed by atoms with E-state index in [1.54, 1.807) is 0 Å². The van der Waals surface area contributed by atoms with Crippen molar-refractivity contribution in [2.75, 3.05) is 6.61 Å². The summed E-state index contributed by atoms with van der Waals surface area (Å²) in [5, 5.41) is 12.4. The predicted molar refractivity (Wildman–Crippen MR) is 63.9 cm³/mol. The van der Waals surface area contributed by atoms with E-state index >= 15 is 0 Å². The molecule has 84 valence electrons. The van der Waals surface area contributed by atoms with Crippen LogP contribution in [-0.2, 0) is 6.54 Å². The lowest BCUT2D eigenvalue weighted by Crippen LogP contribution is -2.31. The number of aliphatic hydroxyl groups excluding tert-OH is 1. The van der Waals surface area contributed by atoms with Gasteiger partial charge in [-0.25, -0.2) is 0 Å². The van der Waals surface area contributed by atoms with E-state index in [4.69, 9.17) is 5.11 Å². The highest BCUT2D eigenvalue weighted by Crippen LogP contribution is 2.10. The molecule has 2 nitrogen and oxygen atoms in total. The minimum atomic E-state index is 0.210. The smallest absolute Gasteiger partial charge is 0.0584 e. The number of rotatable bonds is 5. The fraction of sp³-hybridized carbons (Fsp3) is 0.538. The molecular weight excluding hydrogens is 186 g/mol. The standard InChI is InChI=1S/C13H21NO/c1-4-13(9-15)14-8-12-6-5-10(2)7-11(12)3/h5-7,13-15H,4,8-9H2,1-3H3/t13-/m0/s1. The van der Waals surface area contributed by atoms with Gasteiger partial charge in [-0.1, -0.05) is 30.7 Å². The Labute approximate surface area is 92.3 Å². The summed E-state index contributed by atoms with van der Waals surface area (Å²) < 4.78 is 0. The Morgan fingerprint density at radius 1 is 1.33 bits per heavy atom. The lowest BCUT2D eigenvalue weighted by molar-refractivity contribution is 0.238. The van der Waals surface area contributed by atoms with Crippen LogP contribution in [0.2, 0.25) is 0 Å². The molecule has 0 spiro atoms. The quantitative estimate of drug-likeness (QED) is 0.775. The zero-order chi connectivity index (χ0) is 11.3. The van der Waals surface area contributed by atoms with Crippen molar-refractivity contribution >= 4 is 0 Å². The lowest BCUT2D eigenvalue weighted by Gasteiger charge is -2.15. The molecule has 1 aromatic rings. The van der Waals surface area contributed by atoms with Crippen LogP contribution in [0.5, 0.6) is 0 Å². The van der Waals surface area contributed by atoms with Crippen molar-refractivity contribution in [1.82, 2.24) is 5.32 Å². The van der Waals surface area contributed by atoms with Crippen molar-refractivity contribution in [3.63, 3.8) is 0 Å². The van der Waals surface area contributed by atoms with Crippen LogP contribution >= 0.6 is 0 Å². The zero-order valence-electron chi connectivity index (χ0n) is 9.88. The van der Waals surface area contributed by atoms with Crippen molar-refractivity contribution in [3.8, 4) is 0 Å². The van der Waals surface area contributed by atoms with Crippen molar-refractivity contribution < 1.29 is 5.11 Å². The molecule has 0 fully saturated rings. The zero-order valence-corrected chi connectivity index (χ0v) is 9.88. The molecular formula is C13H21NO. The molecule has 0 saturated carbocycles. The van der Waals surface area contributed by atoms with E-state index in [2.05, 4.69) is 44.3 Å². The maximum absolute atomic E-state index is 9.05. The molecule has 15 heavy (non-hydrogen) atoms. The monoisotopic (exact) mass is 207 g/mol. The first-order valence-electron chi connectivity index (χ1n) is 5.57. The molecule has 0 bridgehead atoms. The molecule has 2 N–H and O–H groups in total. The Morgan fingerprint density at radius 3 is 2.60 bits per heavy atom. The number of aryl methyl sites for hydroxylation is 2. The van der Waals surface area contributed by atoms with Crippen LogP contribution < -0.4 is 5.32 Å². The number of hydrogen-bond donors (Lipinski definition) is 2. The Bertz CT molecular complexity index is 305. The van der Waals surface area contributed by atoms with Crippen molar-refractivity contribution in [2.45, 2.75) is 39.8 Å². The highest BCUT2D eigenvalue weighted by Gasteiger charge is 2.04. The first-order chi connectivity index (χ1) is 7.17. The van der Waals surface area contributed by atoms with Gasteiger partial charge in [0.15, 0.2) is 0 Å². The minimum absolute atomic E-state index is 0.210. The van der Waals surface area contributed by atoms with Gasteiger partial charge in [0.1, 0.15) is 0 Å². The molecule has 0 aliphatic heterocycles. The Hall–Kier alpha value is -0.860. The second-order valence-corrected chi connectivity index (χ2v) is 4.10. The maximum atomic E-state index is 9.05. The molecule has 0 radical (unpaired) electrons. The van der Waals surface area contributed by atoms with E-state index in [1.807, 2.05) is 0 Å². The van der Waals surface area contributed by atoms with E-state index in [0.29, 0.717) is 0 Å². The molecule has 0 aliphatic rings. The predicted octanol–water partition coefficient (Wildman–Crippen LogP) is 2.16. The molecule has 0 aromatic heterocycles. The first-order valence-corrected chi connectivity index (χ1v) is 5.57. The molecule has 0 amide bonds. The van der Waals surface area contributed by atoms with Crippen LogP contribution in [0.15, 0.2) is 18.2 Å². The van der Waals surface area contributed by atoms with E-state index in [-0.39, 0.29) is 12.6 Å². The van der Waals surface area contributed by atoms with E-state index < -0.39 is 0 Å². The maximum Gasteiger partial charge on any atom is 0.0584 e. The summed E-state index contributed by atoms with van der Waals surface area (Å²) in [5.41, 5.74) is 3.92. The SMILES string of the molecule is CC[C@@H](CO)NCc1ccc(C)cc1C. The Balaban J connectivity index is 2.57. The number of hydrogen-bond acceptors (Lipinski definition) is 2. The number of nitrogens with one attached hydrogen (secondary N) is 1. The van der Waals surface area contributed by atoms with E-state index in [1.165, 1.54) is 16.7 Å².